The highest BCUT2D eigenvalue weighted by Crippen LogP contribution is 2.34. The molecule has 0 radical (unpaired) electrons. The smallest absolute Gasteiger partial charge is 0.292 e. The summed E-state index contributed by atoms with van der Waals surface area (Å²) in [5, 5.41) is 0.606. The number of hydrogen-bond acceptors (Lipinski definition) is 2. The Hall–Kier alpha value is -1.10. The molecule has 1 aromatic rings. The standard InChI is InChI=1S/C14H14Cl2N2O2/c15-9-4-3-5-10(13(9)16)18-12(19)8-11(14(18)20)17-6-1-2-7-17/h3-5,11H,1-2,6-8H2/p+1/t11-/m0/s1. The quantitative estimate of drug-likeness (QED) is 0.836. The molecule has 6 heteroatoms. The van der Waals surface area contributed by atoms with Crippen molar-refractivity contribution in [3.63, 3.8) is 0 Å². The Balaban J connectivity index is 1.92. The van der Waals surface area contributed by atoms with E-state index in [0.29, 0.717) is 10.7 Å². The van der Waals surface area contributed by atoms with Gasteiger partial charge < -0.3 is 4.90 Å². The number of carbonyl (C=O) groups excluding carboxylic acids is 2. The lowest BCUT2D eigenvalue weighted by Gasteiger charge is -2.20. The van der Waals surface area contributed by atoms with Gasteiger partial charge in [-0.05, 0) is 12.1 Å². The third kappa shape index (κ3) is 2.22. The van der Waals surface area contributed by atoms with Gasteiger partial charge in [-0.15, -0.1) is 0 Å². The first-order valence-corrected chi connectivity index (χ1v) is 7.50. The van der Waals surface area contributed by atoms with Crippen LogP contribution in [0.15, 0.2) is 18.2 Å². The average molecular weight is 314 g/mol. The van der Waals surface area contributed by atoms with Gasteiger partial charge in [-0.2, -0.15) is 0 Å². The summed E-state index contributed by atoms with van der Waals surface area (Å²) in [6.45, 7) is 1.92. The van der Waals surface area contributed by atoms with Gasteiger partial charge in [0.1, 0.15) is 0 Å². The molecule has 3 rings (SSSR count). The van der Waals surface area contributed by atoms with Crippen LogP contribution in [0.3, 0.4) is 0 Å². The van der Waals surface area contributed by atoms with Crippen molar-refractivity contribution in [3.05, 3.63) is 28.2 Å². The minimum Gasteiger partial charge on any atom is -0.324 e. The van der Waals surface area contributed by atoms with Gasteiger partial charge in [0.05, 0.1) is 35.2 Å². The Morgan fingerprint density at radius 1 is 1.15 bits per heavy atom. The zero-order chi connectivity index (χ0) is 14.3. The highest BCUT2D eigenvalue weighted by atomic mass is 35.5. The van der Waals surface area contributed by atoms with Gasteiger partial charge in [0, 0.05) is 12.8 Å². The molecule has 2 amide bonds. The van der Waals surface area contributed by atoms with Crippen LogP contribution in [0.1, 0.15) is 19.3 Å². The number of anilines is 1. The van der Waals surface area contributed by atoms with Crippen molar-refractivity contribution in [2.45, 2.75) is 25.3 Å². The molecular weight excluding hydrogens is 299 g/mol. The number of nitrogens with zero attached hydrogens (tertiary/aromatic N) is 1. The zero-order valence-electron chi connectivity index (χ0n) is 10.9. The molecule has 0 unspecified atom stereocenters. The molecule has 0 spiro atoms. The minimum absolute atomic E-state index is 0.156. The fourth-order valence-corrected chi connectivity index (χ4v) is 3.43. The van der Waals surface area contributed by atoms with E-state index in [2.05, 4.69) is 0 Å². The molecule has 2 fully saturated rings. The summed E-state index contributed by atoms with van der Waals surface area (Å²) in [5.41, 5.74) is 0.398. The SMILES string of the molecule is O=C1C[C@H]([NH+]2CCCC2)C(=O)N1c1cccc(Cl)c1Cl. The van der Waals surface area contributed by atoms with E-state index in [9.17, 15) is 9.59 Å². The molecule has 20 heavy (non-hydrogen) atoms. The summed E-state index contributed by atoms with van der Waals surface area (Å²) < 4.78 is 0. The number of nitrogens with one attached hydrogen (secondary N) is 1. The van der Waals surface area contributed by atoms with Crippen LogP contribution in [-0.4, -0.2) is 30.9 Å². The van der Waals surface area contributed by atoms with Gasteiger partial charge >= 0.3 is 0 Å². The van der Waals surface area contributed by atoms with E-state index in [-0.39, 0.29) is 29.3 Å². The zero-order valence-corrected chi connectivity index (χ0v) is 12.4. The molecule has 2 heterocycles. The highest BCUT2D eigenvalue weighted by molar-refractivity contribution is 6.44. The van der Waals surface area contributed by atoms with Gasteiger partial charge in [-0.25, -0.2) is 4.90 Å². The second-order valence-electron chi connectivity index (χ2n) is 5.26. The van der Waals surface area contributed by atoms with Crippen molar-refractivity contribution >= 4 is 40.7 Å². The van der Waals surface area contributed by atoms with Crippen LogP contribution in [0.2, 0.25) is 10.0 Å². The molecule has 0 bridgehead atoms. The number of halogens is 2. The number of likely N-dealkylation sites (tertiary alicyclic amines) is 1. The number of imide groups is 1. The largest absolute Gasteiger partial charge is 0.324 e. The number of amides is 2. The first kappa shape index (κ1) is 13.9. The number of quaternary nitrogens is 1. The third-order valence-electron chi connectivity index (χ3n) is 4.06. The van der Waals surface area contributed by atoms with Crippen LogP contribution in [0.25, 0.3) is 0 Å². The van der Waals surface area contributed by atoms with E-state index in [1.807, 2.05) is 0 Å². The highest BCUT2D eigenvalue weighted by Gasteiger charge is 2.46. The molecule has 2 aliphatic rings. The lowest BCUT2D eigenvalue weighted by molar-refractivity contribution is -0.902. The molecule has 1 aromatic carbocycles. The van der Waals surface area contributed by atoms with Crippen molar-refractivity contribution < 1.29 is 14.5 Å². The van der Waals surface area contributed by atoms with E-state index in [0.717, 1.165) is 25.9 Å². The molecule has 0 saturated carbocycles. The Kier molecular flexibility index (Phi) is 3.71. The van der Waals surface area contributed by atoms with Crippen molar-refractivity contribution in [1.82, 2.24) is 0 Å². The minimum atomic E-state index is -0.264. The second kappa shape index (κ2) is 5.35. The maximum atomic E-state index is 12.5. The van der Waals surface area contributed by atoms with Gasteiger partial charge in [0.2, 0.25) is 5.91 Å². The molecule has 1 atom stereocenters. The summed E-state index contributed by atoms with van der Waals surface area (Å²) in [7, 11) is 0. The predicted molar refractivity (Wildman–Crippen MR) is 77.3 cm³/mol. The molecular formula is C14H15Cl2N2O2+. The van der Waals surface area contributed by atoms with Crippen LogP contribution < -0.4 is 9.80 Å². The molecule has 4 nitrogen and oxygen atoms in total. The molecule has 0 aliphatic carbocycles. The number of carbonyl (C=O) groups is 2. The van der Waals surface area contributed by atoms with Crippen LogP contribution in [-0.2, 0) is 9.59 Å². The van der Waals surface area contributed by atoms with Crippen LogP contribution in [0, 0.1) is 0 Å². The maximum Gasteiger partial charge on any atom is 0.292 e. The van der Waals surface area contributed by atoms with Crippen molar-refractivity contribution in [2.24, 2.45) is 0 Å². The number of benzene rings is 1. The normalized spacial score (nSPS) is 23.9. The summed E-state index contributed by atoms with van der Waals surface area (Å²) in [6, 6.07) is 4.73. The van der Waals surface area contributed by atoms with Crippen LogP contribution in [0.5, 0.6) is 0 Å². The summed E-state index contributed by atoms with van der Waals surface area (Å²) in [4.78, 5) is 27.2. The summed E-state index contributed by atoms with van der Waals surface area (Å²) >= 11 is 12.1. The molecule has 2 saturated heterocycles. The number of hydrogen-bond donors (Lipinski definition) is 1. The molecule has 2 aliphatic heterocycles. The molecule has 0 aromatic heterocycles. The monoisotopic (exact) mass is 313 g/mol. The van der Waals surface area contributed by atoms with Gasteiger partial charge in [-0.3, -0.25) is 9.59 Å². The van der Waals surface area contributed by atoms with Gasteiger partial charge in [0.25, 0.3) is 5.91 Å². The van der Waals surface area contributed by atoms with Crippen molar-refractivity contribution in [1.29, 1.82) is 0 Å². The fourth-order valence-electron chi connectivity index (χ4n) is 3.05. The molecule has 106 valence electrons. The Morgan fingerprint density at radius 2 is 1.85 bits per heavy atom. The van der Waals surface area contributed by atoms with E-state index in [4.69, 9.17) is 23.2 Å². The lowest BCUT2D eigenvalue weighted by Crippen LogP contribution is -3.14. The Labute approximate surface area is 127 Å². The van der Waals surface area contributed by atoms with E-state index < -0.39 is 0 Å². The Bertz CT molecular complexity index is 570. The molecule has 1 N–H and O–H groups in total. The topological polar surface area (TPSA) is 41.8 Å². The van der Waals surface area contributed by atoms with Crippen LogP contribution >= 0.6 is 23.2 Å². The van der Waals surface area contributed by atoms with E-state index in [1.54, 1.807) is 18.2 Å². The van der Waals surface area contributed by atoms with Crippen molar-refractivity contribution in [3.8, 4) is 0 Å². The Morgan fingerprint density at radius 3 is 2.55 bits per heavy atom. The third-order valence-corrected chi connectivity index (χ3v) is 4.87. The van der Waals surface area contributed by atoms with Crippen LogP contribution in [0.4, 0.5) is 5.69 Å². The van der Waals surface area contributed by atoms with E-state index in [1.165, 1.54) is 9.80 Å². The first-order valence-electron chi connectivity index (χ1n) is 6.75. The van der Waals surface area contributed by atoms with Gasteiger partial charge in [-0.1, -0.05) is 29.3 Å². The number of rotatable bonds is 2. The summed E-state index contributed by atoms with van der Waals surface area (Å²) in [6.07, 6.45) is 2.49. The fraction of sp³-hybridized carbons (Fsp3) is 0.429. The van der Waals surface area contributed by atoms with E-state index >= 15 is 0 Å². The van der Waals surface area contributed by atoms with Gasteiger partial charge in [0.15, 0.2) is 6.04 Å². The summed E-state index contributed by atoms with van der Waals surface area (Å²) in [5.74, 6) is -0.348. The maximum absolute atomic E-state index is 12.5. The average Bonchev–Trinajstić information content (AvgIpc) is 3.02. The first-order chi connectivity index (χ1) is 9.59. The van der Waals surface area contributed by atoms with Crippen molar-refractivity contribution in [2.75, 3.05) is 18.0 Å². The lowest BCUT2D eigenvalue weighted by atomic mass is 10.2. The second-order valence-corrected chi connectivity index (χ2v) is 6.05. The predicted octanol–water partition coefficient (Wildman–Crippen LogP) is 1.30.